The fraction of sp³-hybridized carbons (Fsp3) is 0.909. The molecule has 1 saturated carbocycles. The molecule has 0 aromatic carbocycles. The number of carbonyl (C=O) groups is 1. The van der Waals surface area contributed by atoms with E-state index in [4.69, 9.17) is 5.11 Å². The van der Waals surface area contributed by atoms with Crippen LogP contribution < -0.4 is 5.32 Å². The molecular weight excluding hydrogens is 210 g/mol. The summed E-state index contributed by atoms with van der Waals surface area (Å²) in [7, 11) is 0. The Labute approximate surface area is 97.0 Å². The van der Waals surface area contributed by atoms with Crippen molar-refractivity contribution in [2.45, 2.75) is 45.1 Å². The van der Waals surface area contributed by atoms with Gasteiger partial charge in [-0.25, -0.2) is 0 Å². The summed E-state index contributed by atoms with van der Waals surface area (Å²) in [5.74, 6) is 0.942. The summed E-state index contributed by atoms with van der Waals surface area (Å²) in [4.78, 5) is 11.6. The molecule has 0 bridgehead atoms. The highest BCUT2D eigenvalue weighted by atomic mass is 32.1. The Morgan fingerprint density at radius 3 is 2.73 bits per heavy atom. The van der Waals surface area contributed by atoms with Gasteiger partial charge in [-0.05, 0) is 43.8 Å². The van der Waals surface area contributed by atoms with Gasteiger partial charge in [0.1, 0.15) is 0 Å². The average Bonchev–Trinajstić information content (AvgIpc) is 2.95. The SMILES string of the molecule is CC(CCCO)NC(=O)CC1(CS)CC1. The fourth-order valence-electron chi connectivity index (χ4n) is 1.70. The van der Waals surface area contributed by atoms with Crippen LogP contribution in [0.1, 0.15) is 39.0 Å². The molecule has 0 aliphatic heterocycles. The Balaban J connectivity index is 2.18. The van der Waals surface area contributed by atoms with Crippen LogP contribution in [-0.2, 0) is 4.79 Å². The lowest BCUT2D eigenvalue weighted by Crippen LogP contribution is -2.34. The fourth-order valence-corrected chi connectivity index (χ4v) is 2.13. The Bertz CT molecular complexity index is 217. The lowest BCUT2D eigenvalue weighted by Gasteiger charge is -2.16. The lowest BCUT2D eigenvalue weighted by molar-refractivity contribution is -0.122. The van der Waals surface area contributed by atoms with Crippen LogP contribution in [0.4, 0.5) is 0 Å². The van der Waals surface area contributed by atoms with Crippen molar-refractivity contribution >= 4 is 18.5 Å². The molecule has 1 aliphatic rings. The predicted molar refractivity (Wildman–Crippen MR) is 64.1 cm³/mol. The van der Waals surface area contributed by atoms with Crippen molar-refractivity contribution in [1.82, 2.24) is 5.32 Å². The number of hydrogen-bond donors (Lipinski definition) is 3. The molecule has 4 heteroatoms. The van der Waals surface area contributed by atoms with E-state index >= 15 is 0 Å². The summed E-state index contributed by atoms with van der Waals surface area (Å²) >= 11 is 4.27. The molecule has 1 amide bonds. The van der Waals surface area contributed by atoms with Crippen molar-refractivity contribution in [2.75, 3.05) is 12.4 Å². The van der Waals surface area contributed by atoms with Crippen LogP contribution in [0.2, 0.25) is 0 Å². The Morgan fingerprint density at radius 1 is 1.60 bits per heavy atom. The molecule has 0 saturated heterocycles. The van der Waals surface area contributed by atoms with Gasteiger partial charge in [0.15, 0.2) is 0 Å². The quantitative estimate of drug-likeness (QED) is 0.580. The van der Waals surface area contributed by atoms with Crippen LogP contribution in [0.3, 0.4) is 0 Å². The van der Waals surface area contributed by atoms with Crippen molar-refractivity contribution in [2.24, 2.45) is 5.41 Å². The second-order valence-corrected chi connectivity index (χ2v) is 4.99. The second kappa shape index (κ2) is 5.75. The third-order valence-corrected chi connectivity index (χ3v) is 3.70. The van der Waals surface area contributed by atoms with E-state index in [1.807, 2.05) is 6.92 Å². The third kappa shape index (κ3) is 4.43. The van der Waals surface area contributed by atoms with Gasteiger partial charge in [-0.1, -0.05) is 0 Å². The summed E-state index contributed by atoms with van der Waals surface area (Å²) in [6, 6.07) is 0.167. The molecule has 1 rings (SSSR count). The maximum absolute atomic E-state index is 11.6. The van der Waals surface area contributed by atoms with Gasteiger partial charge >= 0.3 is 0 Å². The third-order valence-electron chi connectivity index (χ3n) is 3.03. The minimum Gasteiger partial charge on any atom is -0.396 e. The summed E-state index contributed by atoms with van der Waals surface area (Å²) in [6.07, 6.45) is 4.47. The molecule has 0 spiro atoms. The largest absolute Gasteiger partial charge is 0.396 e. The highest BCUT2D eigenvalue weighted by Crippen LogP contribution is 2.49. The van der Waals surface area contributed by atoms with Gasteiger partial charge in [-0.3, -0.25) is 4.79 Å². The first-order chi connectivity index (χ1) is 7.12. The van der Waals surface area contributed by atoms with E-state index in [0.29, 0.717) is 6.42 Å². The molecule has 15 heavy (non-hydrogen) atoms. The lowest BCUT2D eigenvalue weighted by atomic mass is 10.0. The Hall–Kier alpha value is -0.220. The molecule has 1 aliphatic carbocycles. The van der Waals surface area contributed by atoms with Crippen molar-refractivity contribution in [1.29, 1.82) is 0 Å². The summed E-state index contributed by atoms with van der Waals surface area (Å²) in [6.45, 7) is 2.18. The zero-order valence-corrected chi connectivity index (χ0v) is 10.2. The molecule has 1 unspecified atom stereocenters. The van der Waals surface area contributed by atoms with Gasteiger partial charge in [-0.15, -0.1) is 0 Å². The summed E-state index contributed by atoms with van der Waals surface area (Å²) in [5.41, 5.74) is 0.198. The number of thiol groups is 1. The molecule has 0 radical (unpaired) electrons. The normalized spacial score (nSPS) is 19.7. The van der Waals surface area contributed by atoms with Gasteiger partial charge < -0.3 is 10.4 Å². The minimum atomic E-state index is 0.131. The molecule has 1 fully saturated rings. The second-order valence-electron chi connectivity index (χ2n) is 4.67. The highest BCUT2D eigenvalue weighted by Gasteiger charge is 2.42. The Kier molecular flexibility index (Phi) is 4.93. The van der Waals surface area contributed by atoms with Gasteiger partial charge in [0.25, 0.3) is 0 Å². The van der Waals surface area contributed by atoms with Gasteiger partial charge in [0.2, 0.25) is 5.91 Å². The number of aliphatic hydroxyl groups is 1. The van der Waals surface area contributed by atoms with Crippen LogP contribution in [0.5, 0.6) is 0 Å². The minimum absolute atomic E-state index is 0.131. The van der Waals surface area contributed by atoms with Crippen LogP contribution in [0, 0.1) is 5.41 Å². The maximum Gasteiger partial charge on any atom is 0.220 e. The highest BCUT2D eigenvalue weighted by molar-refractivity contribution is 7.80. The van der Waals surface area contributed by atoms with Crippen molar-refractivity contribution in [3.8, 4) is 0 Å². The molecule has 0 aromatic heterocycles. The van der Waals surface area contributed by atoms with Crippen LogP contribution in [0.15, 0.2) is 0 Å². The first kappa shape index (κ1) is 12.8. The molecule has 1 atom stereocenters. The van der Waals surface area contributed by atoms with Crippen molar-refractivity contribution in [3.63, 3.8) is 0 Å². The first-order valence-corrected chi connectivity index (χ1v) is 6.26. The molecule has 3 nitrogen and oxygen atoms in total. The van der Waals surface area contributed by atoms with E-state index < -0.39 is 0 Å². The van der Waals surface area contributed by atoms with E-state index in [1.54, 1.807) is 0 Å². The van der Waals surface area contributed by atoms with E-state index in [2.05, 4.69) is 17.9 Å². The zero-order chi connectivity index (χ0) is 11.3. The summed E-state index contributed by atoms with van der Waals surface area (Å²) in [5, 5.41) is 11.6. The van der Waals surface area contributed by atoms with E-state index in [9.17, 15) is 4.79 Å². The Morgan fingerprint density at radius 2 is 2.27 bits per heavy atom. The number of amides is 1. The van der Waals surface area contributed by atoms with E-state index in [-0.39, 0.29) is 24.0 Å². The van der Waals surface area contributed by atoms with Crippen molar-refractivity contribution < 1.29 is 9.90 Å². The average molecular weight is 231 g/mol. The van der Waals surface area contributed by atoms with Gasteiger partial charge in [0, 0.05) is 19.1 Å². The number of hydrogen-bond acceptors (Lipinski definition) is 3. The monoisotopic (exact) mass is 231 g/mol. The van der Waals surface area contributed by atoms with Crippen LogP contribution in [-0.4, -0.2) is 29.4 Å². The van der Waals surface area contributed by atoms with Crippen LogP contribution >= 0.6 is 12.6 Å². The number of rotatable bonds is 7. The van der Waals surface area contributed by atoms with E-state index in [0.717, 1.165) is 31.4 Å². The molecular formula is C11H21NO2S. The molecule has 0 aromatic rings. The van der Waals surface area contributed by atoms with Crippen LogP contribution in [0.25, 0.3) is 0 Å². The van der Waals surface area contributed by atoms with E-state index in [1.165, 1.54) is 0 Å². The van der Waals surface area contributed by atoms with Gasteiger partial charge in [0.05, 0.1) is 0 Å². The maximum atomic E-state index is 11.6. The zero-order valence-electron chi connectivity index (χ0n) is 9.33. The number of aliphatic hydroxyl groups excluding tert-OH is 1. The molecule has 88 valence electrons. The predicted octanol–water partition coefficient (Wildman–Crippen LogP) is 1.36. The van der Waals surface area contributed by atoms with Gasteiger partial charge in [-0.2, -0.15) is 12.6 Å². The van der Waals surface area contributed by atoms with Crippen molar-refractivity contribution in [3.05, 3.63) is 0 Å². The topological polar surface area (TPSA) is 49.3 Å². The standard InChI is InChI=1S/C11H21NO2S/c1-9(3-2-6-13)12-10(14)7-11(8-15)4-5-11/h9,13,15H,2-8H2,1H3,(H,12,14). The number of carbonyl (C=O) groups excluding carboxylic acids is 1. The molecule has 0 heterocycles. The smallest absolute Gasteiger partial charge is 0.220 e. The first-order valence-electron chi connectivity index (χ1n) is 5.63. The number of nitrogens with one attached hydrogen (secondary N) is 1. The summed E-state index contributed by atoms with van der Waals surface area (Å²) < 4.78 is 0. The molecule has 2 N–H and O–H groups in total.